The van der Waals surface area contributed by atoms with E-state index in [0.717, 1.165) is 42.4 Å². The Morgan fingerprint density at radius 1 is 1.14 bits per heavy atom. The summed E-state index contributed by atoms with van der Waals surface area (Å²) in [6, 6.07) is 17.0. The van der Waals surface area contributed by atoms with Crippen LogP contribution in [0.25, 0.3) is 11.1 Å². The molecule has 28 heavy (non-hydrogen) atoms. The average molecular weight is 397 g/mol. The highest BCUT2D eigenvalue weighted by Crippen LogP contribution is 2.42. The number of hydrogen-bond donors (Lipinski definition) is 1. The lowest BCUT2D eigenvalue weighted by molar-refractivity contribution is -0.126. The maximum atomic E-state index is 12.7. The molecule has 1 amide bonds. The topological polar surface area (TPSA) is 87.0 Å². The van der Waals surface area contributed by atoms with E-state index in [1.807, 2.05) is 42.5 Å². The molecule has 1 fully saturated rings. The summed E-state index contributed by atoms with van der Waals surface area (Å²) in [5.74, 6) is -0.473. The van der Waals surface area contributed by atoms with Gasteiger partial charge in [-0.15, -0.1) is 0 Å². The summed E-state index contributed by atoms with van der Waals surface area (Å²) in [5.41, 5.74) is 2.85. The van der Waals surface area contributed by atoms with Gasteiger partial charge in [0.1, 0.15) is 6.54 Å². The molecule has 0 bridgehead atoms. The predicted octanol–water partition coefficient (Wildman–Crippen LogP) is 3.67. The van der Waals surface area contributed by atoms with Crippen molar-refractivity contribution in [1.29, 1.82) is 5.26 Å². The van der Waals surface area contributed by atoms with Crippen LogP contribution < -0.4 is 5.32 Å². The summed E-state index contributed by atoms with van der Waals surface area (Å²) >= 11 is 0. The second-order valence-electron chi connectivity index (χ2n) is 7.26. The molecule has 1 aliphatic carbocycles. The van der Waals surface area contributed by atoms with Crippen LogP contribution in [0.3, 0.4) is 0 Å². The Morgan fingerprint density at radius 3 is 2.54 bits per heavy atom. The van der Waals surface area contributed by atoms with E-state index in [4.69, 9.17) is 5.26 Å². The molecule has 5 nitrogen and oxygen atoms in total. The summed E-state index contributed by atoms with van der Waals surface area (Å²) in [6.45, 7) is -0.0169. The highest BCUT2D eigenvalue weighted by Gasteiger charge is 2.33. The number of nitrogens with one attached hydrogen (secondary N) is 1. The van der Waals surface area contributed by atoms with Gasteiger partial charge in [0.25, 0.3) is 0 Å². The molecule has 3 rings (SSSR count). The van der Waals surface area contributed by atoms with E-state index in [0.29, 0.717) is 0 Å². The van der Waals surface area contributed by atoms with Crippen LogP contribution in [0.5, 0.6) is 0 Å². The van der Waals surface area contributed by atoms with Crippen LogP contribution in [0.4, 0.5) is 0 Å². The molecule has 146 valence electrons. The molecule has 0 saturated heterocycles. The second-order valence-corrected chi connectivity index (χ2v) is 9.28. The molecule has 1 N–H and O–H groups in total. The van der Waals surface area contributed by atoms with Crippen LogP contribution >= 0.6 is 0 Å². The van der Waals surface area contributed by atoms with Gasteiger partial charge in [0.15, 0.2) is 9.84 Å². The Kier molecular flexibility index (Phi) is 6.15. The maximum absolute atomic E-state index is 12.7. The van der Waals surface area contributed by atoms with Crippen LogP contribution in [0.15, 0.2) is 53.4 Å². The van der Waals surface area contributed by atoms with Gasteiger partial charge in [0, 0.05) is 12.2 Å². The molecule has 2 unspecified atom stereocenters. The number of nitriles is 1. The first-order chi connectivity index (χ1) is 13.4. The van der Waals surface area contributed by atoms with Crippen molar-refractivity contribution in [1.82, 2.24) is 5.32 Å². The molecular formula is C22H24N2O3S. The fraction of sp³-hybridized carbons (Fsp3) is 0.364. The van der Waals surface area contributed by atoms with E-state index in [1.54, 1.807) is 12.1 Å². The van der Waals surface area contributed by atoms with Gasteiger partial charge in [-0.1, -0.05) is 49.2 Å². The first-order valence-electron chi connectivity index (χ1n) is 9.46. The molecule has 2 atom stereocenters. The highest BCUT2D eigenvalue weighted by molar-refractivity contribution is 7.90. The largest absolute Gasteiger partial charge is 0.343 e. The molecule has 2 aromatic carbocycles. The van der Waals surface area contributed by atoms with Crippen molar-refractivity contribution in [2.75, 3.05) is 12.8 Å². The van der Waals surface area contributed by atoms with Gasteiger partial charge in [-0.3, -0.25) is 4.79 Å². The molecule has 1 aliphatic rings. The predicted molar refractivity (Wildman–Crippen MR) is 108 cm³/mol. The number of rotatable bonds is 5. The smallest absolute Gasteiger partial charge is 0.224 e. The van der Waals surface area contributed by atoms with E-state index in [-0.39, 0.29) is 29.2 Å². The van der Waals surface area contributed by atoms with E-state index < -0.39 is 9.84 Å². The van der Waals surface area contributed by atoms with Gasteiger partial charge in [-0.05, 0) is 47.6 Å². The third kappa shape index (κ3) is 4.42. The van der Waals surface area contributed by atoms with Crippen LogP contribution in [0.1, 0.15) is 37.2 Å². The Bertz CT molecular complexity index is 994. The van der Waals surface area contributed by atoms with Crippen LogP contribution in [-0.4, -0.2) is 27.1 Å². The fourth-order valence-corrected chi connectivity index (χ4v) is 4.69. The molecule has 0 aliphatic heterocycles. The third-order valence-corrected chi connectivity index (χ3v) is 6.49. The lowest BCUT2D eigenvalue weighted by atomic mass is 9.73. The number of hydrogen-bond acceptors (Lipinski definition) is 4. The zero-order chi connectivity index (χ0) is 20.1. The van der Waals surface area contributed by atoms with Gasteiger partial charge >= 0.3 is 0 Å². The Morgan fingerprint density at radius 2 is 1.86 bits per heavy atom. The quantitative estimate of drug-likeness (QED) is 0.781. The summed E-state index contributed by atoms with van der Waals surface area (Å²) in [4.78, 5) is 13.0. The van der Waals surface area contributed by atoms with Crippen LogP contribution in [0.2, 0.25) is 0 Å². The Hall–Kier alpha value is -2.65. The van der Waals surface area contributed by atoms with Gasteiger partial charge in [-0.25, -0.2) is 8.42 Å². The summed E-state index contributed by atoms with van der Waals surface area (Å²) in [6.07, 6.45) is 4.70. The van der Waals surface area contributed by atoms with Crippen molar-refractivity contribution >= 4 is 15.7 Å². The van der Waals surface area contributed by atoms with Gasteiger partial charge in [0.2, 0.25) is 5.91 Å². The first-order valence-corrected chi connectivity index (χ1v) is 11.3. The number of carbonyl (C=O) groups is 1. The van der Waals surface area contributed by atoms with Crippen molar-refractivity contribution in [2.45, 2.75) is 36.5 Å². The van der Waals surface area contributed by atoms with Gasteiger partial charge in [0.05, 0.1) is 11.0 Å². The van der Waals surface area contributed by atoms with Crippen molar-refractivity contribution < 1.29 is 13.2 Å². The van der Waals surface area contributed by atoms with Crippen molar-refractivity contribution in [3.8, 4) is 17.2 Å². The van der Waals surface area contributed by atoms with E-state index in [9.17, 15) is 13.2 Å². The zero-order valence-corrected chi connectivity index (χ0v) is 16.7. The van der Waals surface area contributed by atoms with Crippen LogP contribution in [0, 0.1) is 17.2 Å². The Balaban J connectivity index is 2.10. The number of nitrogens with zero attached hydrogens (tertiary/aromatic N) is 1. The van der Waals surface area contributed by atoms with Crippen molar-refractivity contribution in [3.05, 3.63) is 54.1 Å². The number of amides is 1. The lowest BCUT2D eigenvalue weighted by Crippen LogP contribution is -2.36. The summed E-state index contributed by atoms with van der Waals surface area (Å²) < 4.78 is 24.3. The van der Waals surface area contributed by atoms with Gasteiger partial charge < -0.3 is 5.32 Å². The molecule has 0 spiro atoms. The first kappa shape index (κ1) is 20.1. The minimum Gasteiger partial charge on any atom is -0.343 e. The highest BCUT2D eigenvalue weighted by atomic mass is 32.2. The SMILES string of the molecule is CS(=O)(=O)c1ccc(-c2ccccc2)c(C2CCCCC2C(=O)NCC#N)c1. The second kappa shape index (κ2) is 8.57. The number of sulfone groups is 1. The van der Waals surface area contributed by atoms with Gasteiger partial charge in [-0.2, -0.15) is 5.26 Å². The van der Waals surface area contributed by atoms with Crippen molar-refractivity contribution in [2.24, 2.45) is 5.92 Å². The lowest BCUT2D eigenvalue weighted by Gasteiger charge is -2.32. The van der Waals surface area contributed by atoms with Crippen LogP contribution in [-0.2, 0) is 14.6 Å². The summed E-state index contributed by atoms with van der Waals surface area (Å²) in [7, 11) is -3.36. The minimum atomic E-state index is -3.36. The molecule has 2 aromatic rings. The normalized spacial score (nSPS) is 19.6. The maximum Gasteiger partial charge on any atom is 0.224 e. The third-order valence-electron chi connectivity index (χ3n) is 5.38. The molecule has 6 heteroatoms. The zero-order valence-electron chi connectivity index (χ0n) is 15.9. The number of carbonyl (C=O) groups excluding carboxylic acids is 1. The monoisotopic (exact) mass is 396 g/mol. The van der Waals surface area contributed by atoms with Crippen molar-refractivity contribution in [3.63, 3.8) is 0 Å². The average Bonchev–Trinajstić information content (AvgIpc) is 2.71. The fourth-order valence-electron chi connectivity index (χ4n) is 4.03. The molecule has 0 radical (unpaired) electrons. The Labute approximate surface area is 166 Å². The number of benzene rings is 2. The standard InChI is InChI=1S/C22H24N2O3S/c1-28(26,27)17-11-12-18(16-7-3-2-4-8-16)21(15-17)19-9-5-6-10-20(19)22(25)24-14-13-23/h2-4,7-8,11-12,15,19-20H,5-6,9-10,14H2,1H3,(H,24,25). The summed E-state index contributed by atoms with van der Waals surface area (Å²) in [5, 5.41) is 11.5. The van der Waals surface area contributed by atoms with E-state index in [1.165, 1.54) is 6.26 Å². The molecule has 0 heterocycles. The van der Waals surface area contributed by atoms with E-state index in [2.05, 4.69) is 5.32 Å². The minimum absolute atomic E-state index is 0.0169. The molecule has 0 aromatic heterocycles. The molecular weight excluding hydrogens is 372 g/mol. The molecule has 1 saturated carbocycles. The van der Waals surface area contributed by atoms with E-state index >= 15 is 0 Å².